The molecule has 90 valence electrons. The monoisotopic (exact) mass is 239 g/mol. The van der Waals surface area contributed by atoms with E-state index in [4.69, 9.17) is 5.11 Å². The molecule has 3 rings (SSSR count). The van der Waals surface area contributed by atoms with Crippen molar-refractivity contribution < 1.29 is 9.90 Å². The number of para-hydroxylation sites is 1. The number of carbonyl (C=O) groups is 1. The van der Waals surface area contributed by atoms with Crippen molar-refractivity contribution in [3.63, 3.8) is 0 Å². The molecule has 0 aromatic heterocycles. The van der Waals surface area contributed by atoms with Crippen LogP contribution in [0.2, 0.25) is 0 Å². The number of aliphatic hydroxyl groups is 1. The number of anilines is 1. The van der Waals surface area contributed by atoms with Gasteiger partial charge in [0.2, 0.25) is 0 Å². The van der Waals surface area contributed by atoms with Crippen LogP contribution in [-0.2, 0) is 13.2 Å². The molecule has 0 saturated carbocycles. The van der Waals surface area contributed by atoms with Crippen LogP contribution in [0.3, 0.4) is 0 Å². The second-order valence-electron chi connectivity index (χ2n) is 4.38. The van der Waals surface area contributed by atoms with Gasteiger partial charge in [0.1, 0.15) is 0 Å². The summed E-state index contributed by atoms with van der Waals surface area (Å²) in [5.41, 5.74) is 3.40. The maximum atomic E-state index is 12.3. The van der Waals surface area contributed by atoms with Gasteiger partial charge in [0, 0.05) is 11.3 Å². The van der Waals surface area contributed by atoms with E-state index in [0.717, 1.165) is 16.8 Å². The summed E-state index contributed by atoms with van der Waals surface area (Å²) in [5.74, 6) is 0.00602. The quantitative estimate of drug-likeness (QED) is 0.873. The Morgan fingerprint density at radius 2 is 1.89 bits per heavy atom. The molecule has 0 aliphatic carbocycles. The van der Waals surface area contributed by atoms with Crippen LogP contribution in [0.5, 0.6) is 0 Å². The SMILES string of the molecule is O=C1c2cc(CO)ccc2CN1c1ccccc1. The Morgan fingerprint density at radius 3 is 2.61 bits per heavy atom. The lowest BCUT2D eigenvalue weighted by Crippen LogP contribution is -2.22. The lowest BCUT2D eigenvalue weighted by molar-refractivity contribution is 0.0996. The van der Waals surface area contributed by atoms with Gasteiger partial charge in [0.15, 0.2) is 0 Å². The van der Waals surface area contributed by atoms with E-state index in [-0.39, 0.29) is 12.5 Å². The van der Waals surface area contributed by atoms with E-state index in [2.05, 4.69) is 0 Å². The Balaban J connectivity index is 1.99. The molecule has 1 amide bonds. The molecule has 1 heterocycles. The average Bonchev–Trinajstić information content (AvgIpc) is 2.77. The number of hydrogen-bond donors (Lipinski definition) is 1. The van der Waals surface area contributed by atoms with E-state index in [1.54, 1.807) is 11.0 Å². The lowest BCUT2D eigenvalue weighted by Gasteiger charge is -2.15. The van der Waals surface area contributed by atoms with E-state index in [1.807, 2.05) is 42.5 Å². The van der Waals surface area contributed by atoms with Gasteiger partial charge in [0.25, 0.3) is 5.91 Å². The fraction of sp³-hybridized carbons (Fsp3) is 0.133. The standard InChI is InChI=1S/C15H13NO2/c17-10-11-6-7-12-9-16(15(18)14(12)8-11)13-4-2-1-3-5-13/h1-8,17H,9-10H2. The molecule has 3 nitrogen and oxygen atoms in total. The Hall–Kier alpha value is -2.13. The molecule has 0 fully saturated rings. The largest absolute Gasteiger partial charge is 0.392 e. The maximum Gasteiger partial charge on any atom is 0.258 e. The predicted octanol–water partition coefficient (Wildman–Crippen LogP) is 2.34. The highest BCUT2D eigenvalue weighted by molar-refractivity contribution is 6.10. The number of fused-ring (bicyclic) bond motifs is 1. The van der Waals surface area contributed by atoms with Gasteiger partial charge in [-0.1, -0.05) is 30.3 Å². The normalized spacial score (nSPS) is 13.8. The highest BCUT2D eigenvalue weighted by Gasteiger charge is 2.28. The molecule has 1 N–H and O–H groups in total. The zero-order chi connectivity index (χ0) is 12.5. The zero-order valence-electron chi connectivity index (χ0n) is 9.84. The molecule has 0 saturated heterocycles. The van der Waals surface area contributed by atoms with Crippen molar-refractivity contribution in [1.82, 2.24) is 0 Å². The third kappa shape index (κ3) is 1.69. The van der Waals surface area contributed by atoms with Crippen LogP contribution in [0, 0.1) is 0 Å². The summed E-state index contributed by atoms with van der Waals surface area (Å²) in [5, 5.41) is 9.11. The molecule has 1 aliphatic rings. The van der Waals surface area contributed by atoms with Gasteiger partial charge in [-0.15, -0.1) is 0 Å². The molecule has 18 heavy (non-hydrogen) atoms. The van der Waals surface area contributed by atoms with Gasteiger partial charge in [-0.3, -0.25) is 4.79 Å². The number of hydrogen-bond acceptors (Lipinski definition) is 2. The van der Waals surface area contributed by atoms with Crippen LogP contribution >= 0.6 is 0 Å². The van der Waals surface area contributed by atoms with Crippen LogP contribution in [0.25, 0.3) is 0 Å². The Morgan fingerprint density at radius 1 is 1.11 bits per heavy atom. The summed E-state index contributed by atoms with van der Waals surface area (Å²) in [6, 6.07) is 15.2. The van der Waals surface area contributed by atoms with Crippen molar-refractivity contribution in [2.75, 3.05) is 4.90 Å². The lowest BCUT2D eigenvalue weighted by atomic mass is 10.1. The Kier molecular flexibility index (Phi) is 2.61. The summed E-state index contributed by atoms with van der Waals surface area (Å²) in [4.78, 5) is 14.1. The molecule has 0 bridgehead atoms. The number of nitrogens with zero attached hydrogens (tertiary/aromatic N) is 1. The van der Waals surface area contributed by atoms with Crippen LogP contribution in [0.15, 0.2) is 48.5 Å². The minimum atomic E-state index is -0.0358. The molecule has 0 spiro atoms. The average molecular weight is 239 g/mol. The van der Waals surface area contributed by atoms with Crippen molar-refractivity contribution in [3.8, 4) is 0 Å². The van der Waals surface area contributed by atoms with Crippen molar-refractivity contribution in [2.45, 2.75) is 13.2 Å². The van der Waals surface area contributed by atoms with Gasteiger partial charge in [-0.05, 0) is 29.3 Å². The first-order valence-electron chi connectivity index (χ1n) is 5.89. The highest BCUT2D eigenvalue weighted by Crippen LogP contribution is 2.28. The van der Waals surface area contributed by atoms with Gasteiger partial charge < -0.3 is 10.0 Å². The number of aliphatic hydroxyl groups excluding tert-OH is 1. The molecule has 0 unspecified atom stereocenters. The Bertz CT molecular complexity index is 593. The van der Waals surface area contributed by atoms with Gasteiger partial charge in [0.05, 0.1) is 13.2 Å². The van der Waals surface area contributed by atoms with Gasteiger partial charge in [-0.25, -0.2) is 0 Å². The van der Waals surface area contributed by atoms with E-state index < -0.39 is 0 Å². The minimum Gasteiger partial charge on any atom is -0.392 e. The van der Waals surface area contributed by atoms with E-state index in [9.17, 15) is 4.79 Å². The van der Waals surface area contributed by atoms with Gasteiger partial charge in [-0.2, -0.15) is 0 Å². The third-order valence-corrected chi connectivity index (χ3v) is 3.23. The smallest absolute Gasteiger partial charge is 0.258 e. The zero-order valence-corrected chi connectivity index (χ0v) is 9.84. The van der Waals surface area contributed by atoms with Gasteiger partial charge >= 0.3 is 0 Å². The minimum absolute atomic E-state index is 0.00602. The van der Waals surface area contributed by atoms with E-state index in [0.29, 0.717) is 12.1 Å². The number of amides is 1. The summed E-state index contributed by atoms with van der Waals surface area (Å²) < 4.78 is 0. The summed E-state index contributed by atoms with van der Waals surface area (Å²) >= 11 is 0. The molecular formula is C15H13NO2. The Labute approximate surface area is 105 Å². The van der Waals surface area contributed by atoms with Crippen LogP contribution in [-0.4, -0.2) is 11.0 Å². The molecule has 2 aromatic carbocycles. The van der Waals surface area contributed by atoms with Crippen molar-refractivity contribution in [3.05, 3.63) is 65.2 Å². The van der Waals surface area contributed by atoms with Crippen LogP contribution < -0.4 is 4.90 Å². The molecule has 0 radical (unpaired) electrons. The van der Waals surface area contributed by atoms with Crippen molar-refractivity contribution >= 4 is 11.6 Å². The molecule has 1 aliphatic heterocycles. The summed E-state index contributed by atoms with van der Waals surface area (Å²) in [6.07, 6.45) is 0. The fourth-order valence-electron chi connectivity index (χ4n) is 2.26. The van der Waals surface area contributed by atoms with Crippen molar-refractivity contribution in [2.24, 2.45) is 0 Å². The molecule has 2 aromatic rings. The second kappa shape index (κ2) is 4.27. The highest BCUT2D eigenvalue weighted by atomic mass is 16.3. The molecule has 3 heteroatoms. The predicted molar refractivity (Wildman–Crippen MR) is 69.3 cm³/mol. The maximum absolute atomic E-state index is 12.3. The first kappa shape index (κ1) is 11.0. The van der Waals surface area contributed by atoms with E-state index >= 15 is 0 Å². The van der Waals surface area contributed by atoms with Crippen molar-refractivity contribution in [1.29, 1.82) is 0 Å². The summed E-state index contributed by atoms with van der Waals surface area (Å²) in [7, 11) is 0. The second-order valence-corrected chi connectivity index (χ2v) is 4.38. The molecular weight excluding hydrogens is 226 g/mol. The molecule has 0 atom stereocenters. The first-order chi connectivity index (χ1) is 8.79. The fourth-order valence-corrected chi connectivity index (χ4v) is 2.26. The van der Waals surface area contributed by atoms with Crippen LogP contribution in [0.4, 0.5) is 5.69 Å². The first-order valence-corrected chi connectivity index (χ1v) is 5.89. The van der Waals surface area contributed by atoms with E-state index in [1.165, 1.54) is 0 Å². The van der Waals surface area contributed by atoms with Crippen LogP contribution in [0.1, 0.15) is 21.5 Å². The third-order valence-electron chi connectivity index (χ3n) is 3.23. The number of benzene rings is 2. The number of carbonyl (C=O) groups excluding carboxylic acids is 1. The topological polar surface area (TPSA) is 40.5 Å². The summed E-state index contributed by atoms with van der Waals surface area (Å²) in [6.45, 7) is 0.565. The number of rotatable bonds is 2.